The molecule has 3 aromatic rings. The summed E-state index contributed by atoms with van der Waals surface area (Å²) in [4.78, 5) is 16.4. The van der Waals surface area contributed by atoms with Crippen LogP contribution in [-0.4, -0.2) is 11.3 Å². The predicted octanol–water partition coefficient (Wildman–Crippen LogP) is 3.90. The summed E-state index contributed by atoms with van der Waals surface area (Å²) in [6.07, 6.45) is 0.818. The number of nitrogens with zero attached hydrogens (tertiary/aromatic N) is 1. The van der Waals surface area contributed by atoms with Crippen molar-refractivity contribution in [2.45, 2.75) is 20.5 Å². The molecule has 0 N–H and O–H groups in total. The highest BCUT2D eigenvalue weighted by Crippen LogP contribution is 2.28. The summed E-state index contributed by atoms with van der Waals surface area (Å²) in [5, 5.41) is 0.788. The van der Waals surface area contributed by atoms with E-state index >= 15 is 0 Å². The Morgan fingerprint density at radius 3 is 2.95 bits per heavy atom. The molecule has 2 heterocycles. The van der Waals surface area contributed by atoms with Crippen molar-refractivity contribution in [2.24, 2.45) is 0 Å². The summed E-state index contributed by atoms with van der Waals surface area (Å²) in [7, 11) is 0. The van der Waals surface area contributed by atoms with Gasteiger partial charge in [0.15, 0.2) is 6.29 Å². The molecule has 2 aromatic heterocycles. The highest BCUT2D eigenvalue weighted by molar-refractivity contribution is 7.09. The Labute approximate surface area is 120 Å². The van der Waals surface area contributed by atoms with Crippen molar-refractivity contribution in [2.75, 3.05) is 0 Å². The molecule has 1 aromatic carbocycles. The first-order valence-corrected chi connectivity index (χ1v) is 7.07. The maximum Gasteiger partial charge on any atom is 0.154 e. The van der Waals surface area contributed by atoms with Gasteiger partial charge in [-0.1, -0.05) is 0 Å². The predicted molar refractivity (Wildman–Crippen MR) is 77.5 cm³/mol. The van der Waals surface area contributed by atoms with E-state index in [0.29, 0.717) is 29.3 Å². The number of benzene rings is 1. The summed E-state index contributed by atoms with van der Waals surface area (Å²) < 4.78 is 11.3. The van der Waals surface area contributed by atoms with Crippen molar-refractivity contribution < 1.29 is 13.9 Å². The molecule has 0 amide bonds. The van der Waals surface area contributed by atoms with Crippen LogP contribution in [0.1, 0.15) is 26.7 Å². The normalized spacial score (nSPS) is 10.9. The van der Waals surface area contributed by atoms with Crippen molar-refractivity contribution in [3.05, 3.63) is 45.6 Å². The van der Waals surface area contributed by atoms with Gasteiger partial charge >= 0.3 is 0 Å². The van der Waals surface area contributed by atoms with Gasteiger partial charge in [0.1, 0.15) is 23.7 Å². The van der Waals surface area contributed by atoms with Crippen LogP contribution in [0.5, 0.6) is 5.75 Å². The largest absolute Gasteiger partial charge is 0.488 e. The highest BCUT2D eigenvalue weighted by atomic mass is 32.1. The molecule has 0 aliphatic rings. The van der Waals surface area contributed by atoms with Crippen molar-refractivity contribution >= 4 is 28.6 Å². The van der Waals surface area contributed by atoms with E-state index in [-0.39, 0.29) is 0 Å². The monoisotopic (exact) mass is 287 g/mol. The Hall–Kier alpha value is -2.14. The van der Waals surface area contributed by atoms with E-state index in [4.69, 9.17) is 9.15 Å². The molecule has 0 aliphatic carbocycles. The van der Waals surface area contributed by atoms with E-state index in [0.717, 1.165) is 22.2 Å². The van der Waals surface area contributed by atoms with E-state index in [1.54, 1.807) is 23.8 Å². The van der Waals surface area contributed by atoms with Gasteiger partial charge in [-0.15, -0.1) is 11.3 Å². The van der Waals surface area contributed by atoms with E-state index in [9.17, 15) is 4.79 Å². The number of aromatic nitrogens is 1. The lowest BCUT2D eigenvalue weighted by molar-refractivity contribution is 0.112. The summed E-state index contributed by atoms with van der Waals surface area (Å²) in [6.45, 7) is 4.22. The third-order valence-electron chi connectivity index (χ3n) is 3.22. The van der Waals surface area contributed by atoms with Gasteiger partial charge in [0.25, 0.3) is 0 Å². The first kappa shape index (κ1) is 12.9. The minimum Gasteiger partial charge on any atom is -0.488 e. The molecule has 3 rings (SSSR count). The van der Waals surface area contributed by atoms with Crippen molar-refractivity contribution in [1.29, 1.82) is 0 Å². The third-order valence-corrected chi connectivity index (χ3v) is 4.12. The Kier molecular flexibility index (Phi) is 3.28. The number of hydrogen-bond acceptors (Lipinski definition) is 5. The zero-order valence-electron chi connectivity index (χ0n) is 11.2. The second kappa shape index (κ2) is 5.09. The van der Waals surface area contributed by atoms with Gasteiger partial charge in [0.2, 0.25) is 0 Å². The van der Waals surface area contributed by atoms with Gasteiger partial charge in [-0.2, -0.15) is 0 Å². The Balaban J connectivity index is 1.89. The molecule has 0 saturated heterocycles. The van der Waals surface area contributed by atoms with Crippen molar-refractivity contribution in [1.82, 2.24) is 4.98 Å². The van der Waals surface area contributed by atoms with Gasteiger partial charge in [-0.3, -0.25) is 4.79 Å². The third kappa shape index (κ3) is 2.20. The maximum atomic E-state index is 11.1. The van der Waals surface area contributed by atoms with Crippen LogP contribution in [0.25, 0.3) is 11.0 Å². The number of carbonyl (C=O) groups is 1. The minimum atomic E-state index is 0.481. The first-order valence-electron chi connectivity index (χ1n) is 6.19. The number of aryl methyl sites for hydroxylation is 2. The standard InChI is InChI=1S/C15H13NO3S/c1-9-15(20-8-16-9)7-18-11-3-4-14-12(5-11)13(6-17)10(2)19-14/h3-6,8H,7H2,1-2H3. The fourth-order valence-corrected chi connectivity index (χ4v) is 2.76. The fraction of sp³-hybridized carbons (Fsp3) is 0.200. The van der Waals surface area contributed by atoms with Crippen LogP contribution in [0.4, 0.5) is 0 Å². The average Bonchev–Trinajstić information content (AvgIpc) is 2.98. The molecule has 0 fully saturated rings. The lowest BCUT2D eigenvalue weighted by atomic mass is 10.1. The van der Waals surface area contributed by atoms with Crippen LogP contribution < -0.4 is 4.74 Å². The average molecular weight is 287 g/mol. The number of aldehydes is 1. The lowest BCUT2D eigenvalue weighted by Crippen LogP contribution is -1.95. The highest BCUT2D eigenvalue weighted by Gasteiger charge is 2.11. The van der Waals surface area contributed by atoms with E-state index in [1.165, 1.54) is 0 Å². The van der Waals surface area contributed by atoms with Crippen LogP contribution >= 0.6 is 11.3 Å². The molecule has 0 bridgehead atoms. The number of furan rings is 1. The van der Waals surface area contributed by atoms with E-state index in [1.807, 2.05) is 25.1 Å². The van der Waals surface area contributed by atoms with Crippen LogP contribution in [0.2, 0.25) is 0 Å². The summed E-state index contributed by atoms with van der Waals surface area (Å²) in [5.41, 5.74) is 4.08. The van der Waals surface area contributed by atoms with Gasteiger partial charge in [-0.05, 0) is 32.0 Å². The molecule has 0 atom stereocenters. The Morgan fingerprint density at radius 2 is 2.25 bits per heavy atom. The van der Waals surface area contributed by atoms with Crippen LogP contribution in [-0.2, 0) is 6.61 Å². The zero-order chi connectivity index (χ0) is 14.1. The topological polar surface area (TPSA) is 52.3 Å². The van der Waals surface area contributed by atoms with E-state index in [2.05, 4.69) is 4.98 Å². The van der Waals surface area contributed by atoms with Crippen molar-refractivity contribution in [3.63, 3.8) is 0 Å². The summed E-state index contributed by atoms with van der Waals surface area (Å²) >= 11 is 1.57. The minimum absolute atomic E-state index is 0.481. The van der Waals surface area contributed by atoms with E-state index < -0.39 is 0 Å². The van der Waals surface area contributed by atoms with Crippen molar-refractivity contribution in [3.8, 4) is 5.75 Å². The summed E-state index contributed by atoms with van der Waals surface area (Å²) in [5.74, 6) is 1.35. The van der Waals surface area contributed by atoms with Crippen LogP contribution in [0.3, 0.4) is 0 Å². The second-order valence-electron chi connectivity index (χ2n) is 4.50. The molecule has 0 saturated carbocycles. The lowest BCUT2D eigenvalue weighted by Gasteiger charge is -2.05. The Morgan fingerprint density at radius 1 is 1.40 bits per heavy atom. The Bertz CT molecular complexity index is 773. The molecule has 5 heteroatoms. The second-order valence-corrected chi connectivity index (χ2v) is 5.44. The molecule has 20 heavy (non-hydrogen) atoms. The fourth-order valence-electron chi connectivity index (χ4n) is 2.07. The summed E-state index contributed by atoms with van der Waals surface area (Å²) in [6, 6.07) is 5.51. The van der Waals surface area contributed by atoms with Gasteiger partial charge < -0.3 is 9.15 Å². The number of fused-ring (bicyclic) bond motifs is 1. The number of carbonyl (C=O) groups excluding carboxylic acids is 1. The molecule has 4 nitrogen and oxygen atoms in total. The van der Waals surface area contributed by atoms with Gasteiger partial charge in [0.05, 0.1) is 21.6 Å². The van der Waals surface area contributed by atoms with Crippen LogP contribution in [0.15, 0.2) is 28.1 Å². The number of rotatable bonds is 4. The molecular weight excluding hydrogens is 274 g/mol. The molecule has 102 valence electrons. The quantitative estimate of drug-likeness (QED) is 0.683. The smallest absolute Gasteiger partial charge is 0.154 e. The van der Waals surface area contributed by atoms with Crippen LogP contribution in [0, 0.1) is 13.8 Å². The number of hydrogen-bond donors (Lipinski definition) is 0. The SMILES string of the molecule is Cc1ncsc1COc1ccc2oc(C)c(C=O)c2c1. The molecule has 0 unspecified atom stereocenters. The van der Waals surface area contributed by atoms with Gasteiger partial charge in [-0.25, -0.2) is 4.98 Å². The zero-order valence-corrected chi connectivity index (χ0v) is 12.0. The first-order chi connectivity index (χ1) is 9.69. The molecule has 0 spiro atoms. The number of ether oxygens (including phenoxy) is 1. The number of thiazole rings is 1. The maximum absolute atomic E-state index is 11.1. The molecule has 0 radical (unpaired) electrons. The van der Waals surface area contributed by atoms with Gasteiger partial charge in [0, 0.05) is 5.39 Å². The molecular formula is C15H13NO3S. The molecule has 0 aliphatic heterocycles.